The van der Waals surface area contributed by atoms with Crippen molar-refractivity contribution in [2.24, 2.45) is 10.9 Å². The number of benzene rings is 2. The van der Waals surface area contributed by atoms with Gasteiger partial charge in [0, 0.05) is 40.3 Å². The number of aliphatic imine (C=N–C) groups is 1. The molecular formula is C24H36IN3O3. The zero-order valence-electron chi connectivity index (χ0n) is 18.8. The summed E-state index contributed by atoms with van der Waals surface area (Å²) >= 11 is 0. The summed E-state index contributed by atoms with van der Waals surface area (Å²) < 4.78 is 16.6. The van der Waals surface area contributed by atoms with Gasteiger partial charge < -0.3 is 24.8 Å². The van der Waals surface area contributed by atoms with E-state index in [4.69, 9.17) is 14.2 Å². The molecule has 0 radical (unpaired) electrons. The lowest BCUT2D eigenvalue weighted by molar-refractivity contribution is 0.0931. The van der Waals surface area contributed by atoms with E-state index in [0.29, 0.717) is 38.9 Å². The first-order valence-electron chi connectivity index (χ1n) is 10.5. The zero-order chi connectivity index (χ0) is 21.4. The second-order valence-corrected chi connectivity index (χ2v) is 7.25. The van der Waals surface area contributed by atoms with E-state index in [1.807, 2.05) is 36.4 Å². The smallest absolute Gasteiger partial charge is 0.191 e. The molecule has 2 aromatic carbocycles. The van der Waals surface area contributed by atoms with E-state index >= 15 is 0 Å². The SMILES string of the molecule is CN=C(NCc1cccc(OCCCOC)c1)NCC(C)COCc1ccccc1.I. The quantitative estimate of drug-likeness (QED) is 0.172. The van der Waals surface area contributed by atoms with Crippen LogP contribution in [0.2, 0.25) is 0 Å². The highest BCUT2D eigenvalue weighted by Crippen LogP contribution is 2.13. The lowest BCUT2D eigenvalue weighted by atomic mass is 10.2. The normalized spacial score (nSPS) is 12.0. The molecule has 0 aromatic heterocycles. The van der Waals surface area contributed by atoms with Gasteiger partial charge in [0.15, 0.2) is 5.96 Å². The Morgan fingerprint density at radius 2 is 1.77 bits per heavy atom. The first kappa shape index (κ1) is 27.2. The maximum Gasteiger partial charge on any atom is 0.191 e. The van der Waals surface area contributed by atoms with Gasteiger partial charge in [0.25, 0.3) is 0 Å². The molecule has 0 amide bonds. The van der Waals surface area contributed by atoms with Gasteiger partial charge in [-0.2, -0.15) is 0 Å². The molecule has 7 heteroatoms. The Morgan fingerprint density at radius 1 is 1.00 bits per heavy atom. The Bertz CT molecular complexity index is 744. The number of methoxy groups -OCH3 is 1. The van der Waals surface area contributed by atoms with Gasteiger partial charge in [0.1, 0.15) is 5.75 Å². The standard InChI is InChI=1S/C24H35N3O3.HI/c1-20(18-29-19-21-9-5-4-6-10-21)16-26-24(25-2)27-17-22-11-7-12-23(15-22)30-14-8-13-28-3;/h4-7,9-12,15,20H,8,13-14,16-19H2,1-3H3,(H2,25,26,27);1H. The number of nitrogens with zero attached hydrogens (tertiary/aromatic N) is 1. The highest BCUT2D eigenvalue weighted by molar-refractivity contribution is 14.0. The number of hydrogen-bond donors (Lipinski definition) is 2. The summed E-state index contributed by atoms with van der Waals surface area (Å²) in [6.07, 6.45) is 0.878. The first-order valence-corrected chi connectivity index (χ1v) is 10.5. The third kappa shape index (κ3) is 11.9. The summed E-state index contributed by atoms with van der Waals surface area (Å²) in [5, 5.41) is 6.71. The number of halogens is 1. The highest BCUT2D eigenvalue weighted by atomic mass is 127. The minimum atomic E-state index is 0. The molecule has 0 aliphatic rings. The van der Waals surface area contributed by atoms with Gasteiger partial charge in [-0.1, -0.05) is 49.4 Å². The molecule has 0 aliphatic carbocycles. The molecule has 0 spiro atoms. The molecule has 2 aromatic rings. The fourth-order valence-electron chi connectivity index (χ4n) is 2.83. The Labute approximate surface area is 203 Å². The van der Waals surface area contributed by atoms with Gasteiger partial charge >= 0.3 is 0 Å². The Morgan fingerprint density at radius 3 is 2.52 bits per heavy atom. The predicted octanol–water partition coefficient (Wildman–Crippen LogP) is 4.24. The number of ether oxygens (including phenoxy) is 3. The van der Waals surface area contributed by atoms with Gasteiger partial charge in [-0.05, 0) is 29.2 Å². The van der Waals surface area contributed by atoms with Crippen molar-refractivity contribution in [2.75, 3.05) is 40.5 Å². The molecule has 172 valence electrons. The molecular weight excluding hydrogens is 505 g/mol. The molecule has 1 atom stereocenters. The van der Waals surface area contributed by atoms with Crippen molar-refractivity contribution in [1.29, 1.82) is 0 Å². The predicted molar refractivity (Wildman–Crippen MR) is 137 cm³/mol. The van der Waals surface area contributed by atoms with Crippen LogP contribution >= 0.6 is 24.0 Å². The van der Waals surface area contributed by atoms with E-state index in [0.717, 1.165) is 30.2 Å². The van der Waals surface area contributed by atoms with Crippen LogP contribution in [0.15, 0.2) is 59.6 Å². The van der Waals surface area contributed by atoms with Crippen LogP contribution in [0.1, 0.15) is 24.5 Å². The van der Waals surface area contributed by atoms with Crippen LogP contribution in [0, 0.1) is 5.92 Å². The lowest BCUT2D eigenvalue weighted by Crippen LogP contribution is -2.39. The average molecular weight is 541 g/mol. The summed E-state index contributed by atoms with van der Waals surface area (Å²) in [5.41, 5.74) is 2.33. The Balaban J connectivity index is 0.00000480. The molecule has 6 nitrogen and oxygen atoms in total. The second kappa shape index (κ2) is 16.8. The summed E-state index contributed by atoms with van der Waals surface area (Å²) in [6, 6.07) is 18.3. The molecule has 2 rings (SSSR count). The van der Waals surface area contributed by atoms with Crippen molar-refractivity contribution in [3.05, 3.63) is 65.7 Å². The topological polar surface area (TPSA) is 64.1 Å². The van der Waals surface area contributed by atoms with Crippen molar-refractivity contribution in [3.8, 4) is 5.75 Å². The van der Waals surface area contributed by atoms with E-state index in [-0.39, 0.29) is 24.0 Å². The van der Waals surface area contributed by atoms with Crippen LogP contribution in [0.4, 0.5) is 0 Å². The lowest BCUT2D eigenvalue weighted by Gasteiger charge is -2.16. The summed E-state index contributed by atoms with van der Waals surface area (Å²) in [5.74, 6) is 2.02. The molecule has 31 heavy (non-hydrogen) atoms. The van der Waals surface area contributed by atoms with Crippen LogP contribution in [0.5, 0.6) is 5.75 Å². The van der Waals surface area contributed by atoms with E-state index < -0.39 is 0 Å². The number of hydrogen-bond acceptors (Lipinski definition) is 4. The van der Waals surface area contributed by atoms with Crippen molar-refractivity contribution in [1.82, 2.24) is 10.6 Å². The molecule has 0 aliphatic heterocycles. The minimum absolute atomic E-state index is 0. The largest absolute Gasteiger partial charge is 0.493 e. The number of nitrogens with one attached hydrogen (secondary N) is 2. The van der Waals surface area contributed by atoms with Gasteiger partial charge in [-0.15, -0.1) is 24.0 Å². The molecule has 0 saturated carbocycles. The fourth-order valence-corrected chi connectivity index (χ4v) is 2.83. The van der Waals surface area contributed by atoms with Crippen LogP contribution in [0.25, 0.3) is 0 Å². The van der Waals surface area contributed by atoms with Gasteiger partial charge in [-0.25, -0.2) is 0 Å². The highest BCUT2D eigenvalue weighted by Gasteiger charge is 2.05. The van der Waals surface area contributed by atoms with Crippen LogP contribution in [0.3, 0.4) is 0 Å². The first-order chi connectivity index (χ1) is 14.7. The number of rotatable bonds is 13. The second-order valence-electron chi connectivity index (χ2n) is 7.25. The Kier molecular flexibility index (Phi) is 14.7. The van der Waals surface area contributed by atoms with Gasteiger partial charge in [0.05, 0.1) is 19.8 Å². The van der Waals surface area contributed by atoms with Crippen molar-refractivity contribution < 1.29 is 14.2 Å². The molecule has 1 unspecified atom stereocenters. The number of guanidine groups is 1. The van der Waals surface area contributed by atoms with Crippen molar-refractivity contribution >= 4 is 29.9 Å². The fraction of sp³-hybridized carbons (Fsp3) is 0.458. The average Bonchev–Trinajstić information content (AvgIpc) is 2.78. The molecule has 0 saturated heterocycles. The van der Waals surface area contributed by atoms with E-state index in [2.05, 4.69) is 40.7 Å². The van der Waals surface area contributed by atoms with Crippen LogP contribution in [-0.4, -0.2) is 46.5 Å². The summed E-state index contributed by atoms with van der Waals surface area (Å²) in [7, 11) is 3.48. The summed E-state index contributed by atoms with van der Waals surface area (Å²) in [6.45, 7) is 6.32. The third-order valence-corrected chi connectivity index (χ3v) is 4.48. The summed E-state index contributed by atoms with van der Waals surface area (Å²) in [4.78, 5) is 4.30. The minimum Gasteiger partial charge on any atom is -0.493 e. The van der Waals surface area contributed by atoms with Crippen molar-refractivity contribution in [2.45, 2.75) is 26.5 Å². The van der Waals surface area contributed by atoms with Gasteiger partial charge in [-0.3, -0.25) is 4.99 Å². The van der Waals surface area contributed by atoms with E-state index in [1.54, 1.807) is 14.2 Å². The van der Waals surface area contributed by atoms with Crippen LogP contribution in [-0.2, 0) is 22.6 Å². The zero-order valence-corrected chi connectivity index (χ0v) is 21.1. The Hall–Kier alpha value is -1.84. The monoisotopic (exact) mass is 541 g/mol. The van der Waals surface area contributed by atoms with E-state index in [1.165, 1.54) is 5.56 Å². The third-order valence-electron chi connectivity index (χ3n) is 4.48. The molecule has 0 heterocycles. The maximum atomic E-state index is 5.82. The van der Waals surface area contributed by atoms with Crippen molar-refractivity contribution in [3.63, 3.8) is 0 Å². The maximum absolute atomic E-state index is 5.82. The van der Waals surface area contributed by atoms with Gasteiger partial charge in [0.2, 0.25) is 0 Å². The molecule has 2 N–H and O–H groups in total. The molecule has 0 fully saturated rings. The van der Waals surface area contributed by atoms with Crippen LogP contribution < -0.4 is 15.4 Å². The molecule has 0 bridgehead atoms. The van der Waals surface area contributed by atoms with E-state index in [9.17, 15) is 0 Å².